The number of anilines is 1. The number of thioether (sulfide) groups is 1. The lowest BCUT2D eigenvalue weighted by Gasteiger charge is -2.17. The van der Waals surface area contributed by atoms with E-state index in [2.05, 4.69) is 0 Å². The Balaban J connectivity index is 1.90. The molecule has 1 atom stereocenters. The standard InChI is InChI=1S/C17H11Cl2NO4S/c18-10-5-3-6-11(15(10)19)20-14(21)8-13(16(20)22)25-12-7-2-1-4-9(12)17(23)24/h1-7,13H,8H2,(H,23,24)/t13-/m0/s1. The van der Waals surface area contributed by atoms with E-state index in [1.54, 1.807) is 36.4 Å². The van der Waals surface area contributed by atoms with E-state index in [1.165, 1.54) is 6.07 Å². The SMILES string of the molecule is O=C(O)c1ccccc1S[C@H]1CC(=O)N(c2cccc(Cl)c2Cl)C1=O. The molecule has 0 aliphatic carbocycles. The van der Waals surface area contributed by atoms with Crippen molar-refractivity contribution < 1.29 is 19.5 Å². The van der Waals surface area contributed by atoms with Crippen LogP contribution in [0, 0.1) is 0 Å². The maximum absolute atomic E-state index is 12.7. The average Bonchev–Trinajstić information content (AvgIpc) is 2.85. The number of amides is 2. The van der Waals surface area contributed by atoms with Crippen molar-refractivity contribution in [3.8, 4) is 0 Å². The summed E-state index contributed by atoms with van der Waals surface area (Å²) in [6, 6.07) is 11.1. The maximum Gasteiger partial charge on any atom is 0.336 e. The van der Waals surface area contributed by atoms with E-state index in [9.17, 15) is 19.5 Å². The van der Waals surface area contributed by atoms with E-state index in [0.29, 0.717) is 4.90 Å². The molecule has 1 aliphatic rings. The molecule has 25 heavy (non-hydrogen) atoms. The zero-order chi connectivity index (χ0) is 18.1. The fraction of sp³-hybridized carbons (Fsp3) is 0.118. The van der Waals surface area contributed by atoms with E-state index in [-0.39, 0.29) is 27.7 Å². The lowest BCUT2D eigenvalue weighted by atomic mass is 10.2. The molecule has 1 aliphatic heterocycles. The molecule has 0 radical (unpaired) electrons. The van der Waals surface area contributed by atoms with Crippen molar-refractivity contribution in [3.05, 3.63) is 58.1 Å². The molecule has 0 unspecified atom stereocenters. The third-order valence-electron chi connectivity index (χ3n) is 3.66. The van der Waals surface area contributed by atoms with Crippen LogP contribution in [0.15, 0.2) is 47.4 Å². The summed E-state index contributed by atoms with van der Waals surface area (Å²) in [5, 5.41) is 8.90. The fourth-order valence-electron chi connectivity index (χ4n) is 2.51. The molecule has 1 fully saturated rings. The number of carbonyl (C=O) groups is 3. The number of imide groups is 1. The third kappa shape index (κ3) is 3.38. The minimum Gasteiger partial charge on any atom is -0.478 e. The van der Waals surface area contributed by atoms with Crippen LogP contribution in [-0.2, 0) is 9.59 Å². The van der Waals surface area contributed by atoms with Crippen molar-refractivity contribution in [1.82, 2.24) is 0 Å². The van der Waals surface area contributed by atoms with Gasteiger partial charge < -0.3 is 5.11 Å². The number of rotatable bonds is 4. The summed E-state index contributed by atoms with van der Waals surface area (Å²) in [7, 11) is 0. The fourth-order valence-corrected chi connectivity index (χ4v) is 4.07. The Hall–Kier alpha value is -2.02. The van der Waals surface area contributed by atoms with Crippen LogP contribution >= 0.6 is 35.0 Å². The van der Waals surface area contributed by atoms with Gasteiger partial charge in [-0.25, -0.2) is 9.69 Å². The van der Waals surface area contributed by atoms with E-state index in [1.807, 2.05) is 0 Å². The molecule has 2 aromatic rings. The summed E-state index contributed by atoms with van der Waals surface area (Å²) in [6.07, 6.45) is -0.0414. The predicted molar refractivity (Wildman–Crippen MR) is 96.6 cm³/mol. The van der Waals surface area contributed by atoms with E-state index < -0.39 is 23.0 Å². The van der Waals surface area contributed by atoms with E-state index >= 15 is 0 Å². The molecule has 128 valence electrons. The molecule has 3 rings (SSSR count). The highest BCUT2D eigenvalue weighted by Gasteiger charge is 2.41. The number of carboxylic acids is 1. The van der Waals surface area contributed by atoms with Gasteiger partial charge in [-0.3, -0.25) is 9.59 Å². The van der Waals surface area contributed by atoms with Crippen molar-refractivity contribution in [2.45, 2.75) is 16.6 Å². The van der Waals surface area contributed by atoms with Crippen molar-refractivity contribution in [2.24, 2.45) is 0 Å². The Morgan fingerprint density at radius 2 is 1.84 bits per heavy atom. The molecular formula is C17H11Cl2NO4S. The molecule has 2 aromatic carbocycles. The molecule has 2 amide bonds. The number of hydrogen-bond acceptors (Lipinski definition) is 4. The van der Waals surface area contributed by atoms with Crippen LogP contribution in [-0.4, -0.2) is 28.1 Å². The number of halogens is 2. The molecule has 8 heteroatoms. The average molecular weight is 396 g/mol. The summed E-state index contributed by atoms with van der Waals surface area (Å²) < 4.78 is 0. The Morgan fingerprint density at radius 1 is 1.12 bits per heavy atom. The number of carbonyl (C=O) groups excluding carboxylic acids is 2. The van der Waals surface area contributed by atoms with E-state index in [4.69, 9.17) is 23.2 Å². The molecule has 0 aromatic heterocycles. The normalized spacial score (nSPS) is 17.2. The lowest BCUT2D eigenvalue weighted by Crippen LogP contribution is -2.31. The second-order valence-corrected chi connectivity index (χ2v) is 7.28. The van der Waals surface area contributed by atoms with Crippen LogP contribution < -0.4 is 4.90 Å². The first-order valence-electron chi connectivity index (χ1n) is 7.20. The van der Waals surface area contributed by atoms with Crippen LogP contribution in [0.4, 0.5) is 5.69 Å². The molecule has 0 spiro atoms. The lowest BCUT2D eigenvalue weighted by molar-refractivity contribution is -0.121. The highest BCUT2D eigenvalue weighted by Crippen LogP contribution is 2.39. The van der Waals surface area contributed by atoms with Gasteiger partial charge in [-0.15, -0.1) is 11.8 Å². The minimum absolute atomic E-state index is 0.0414. The van der Waals surface area contributed by atoms with Gasteiger partial charge in [0.25, 0.3) is 0 Å². The highest BCUT2D eigenvalue weighted by atomic mass is 35.5. The van der Waals surface area contributed by atoms with Crippen molar-refractivity contribution in [2.75, 3.05) is 4.90 Å². The number of aromatic carboxylic acids is 1. The quantitative estimate of drug-likeness (QED) is 0.788. The maximum atomic E-state index is 12.7. The second kappa shape index (κ2) is 7.07. The van der Waals surface area contributed by atoms with E-state index in [0.717, 1.165) is 16.7 Å². The minimum atomic E-state index is -1.09. The summed E-state index contributed by atoms with van der Waals surface area (Å²) >= 11 is 13.1. The van der Waals surface area contributed by atoms with Gasteiger partial charge >= 0.3 is 5.97 Å². The molecule has 0 saturated carbocycles. The Kier molecular flexibility index (Phi) is 5.03. The molecular weight excluding hydrogens is 385 g/mol. The number of carboxylic acid groups (broad SMARTS) is 1. The summed E-state index contributed by atoms with van der Waals surface area (Å²) in [5.74, 6) is -1.94. The van der Waals surface area contributed by atoms with Crippen LogP contribution in [0.5, 0.6) is 0 Å². The zero-order valence-electron chi connectivity index (χ0n) is 12.6. The highest BCUT2D eigenvalue weighted by molar-refractivity contribution is 8.00. The largest absolute Gasteiger partial charge is 0.478 e. The van der Waals surface area contributed by atoms with Crippen molar-refractivity contribution in [3.63, 3.8) is 0 Å². The molecule has 0 bridgehead atoms. The number of benzene rings is 2. The smallest absolute Gasteiger partial charge is 0.336 e. The first-order chi connectivity index (χ1) is 11.9. The van der Waals surface area contributed by atoms with Gasteiger partial charge in [-0.05, 0) is 24.3 Å². The molecule has 1 N–H and O–H groups in total. The molecule has 1 heterocycles. The number of nitrogens with zero attached hydrogens (tertiary/aromatic N) is 1. The Labute approximate surface area is 157 Å². The van der Waals surface area contributed by atoms with Gasteiger partial charge in [-0.1, -0.05) is 41.4 Å². The Bertz CT molecular complexity index is 887. The first kappa shape index (κ1) is 17.8. The van der Waals surface area contributed by atoms with Crippen LogP contribution in [0.3, 0.4) is 0 Å². The van der Waals surface area contributed by atoms with Gasteiger partial charge in [0.05, 0.1) is 26.5 Å². The van der Waals surface area contributed by atoms with Gasteiger partial charge in [0, 0.05) is 11.3 Å². The van der Waals surface area contributed by atoms with Crippen molar-refractivity contribution >= 4 is 58.4 Å². The van der Waals surface area contributed by atoms with Crippen LogP contribution in [0.1, 0.15) is 16.8 Å². The third-order valence-corrected chi connectivity index (χ3v) is 5.74. The van der Waals surface area contributed by atoms with Crippen LogP contribution in [0.2, 0.25) is 10.0 Å². The predicted octanol–water partition coefficient (Wildman–Crippen LogP) is 4.12. The summed E-state index contributed by atoms with van der Waals surface area (Å²) in [5.41, 5.74) is 0.325. The molecule has 1 saturated heterocycles. The Morgan fingerprint density at radius 3 is 2.56 bits per heavy atom. The van der Waals surface area contributed by atoms with Crippen LogP contribution in [0.25, 0.3) is 0 Å². The first-order valence-corrected chi connectivity index (χ1v) is 8.83. The van der Waals surface area contributed by atoms with Gasteiger partial charge in [0.2, 0.25) is 11.8 Å². The topological polar surface area (TPSA) is 74.7 Å². The van der Waals surface area contributed by atoms with Crippen molar-refractivity contribution in [1.29, 1.82) is 0 Å². The summed E-state index contributed by atoms with van der Waals surface area (Å²) in [4.78, 5) is 37.8. The monoisotopic (exact) mass is 395 g/mol. The number of hydrogen-bond donors (Lipinski definition) is 1. The summed E-state index contributed by atoms with van der Waals surface area (Å²) in [6.45, 7) is 0. The van der Waals surface area contributed by atoms with Gasteiger partial charge in [-0.2, -0.15) is 0 Å². The van der Waals surface area contributed by atoms with Gasteiger partial charge in [0.15, 0.2) is 0 Å². The van der Waals surface area contributed by atoms with Gasteiger partial charge in [0.1, 0.15) is 0 Å². The molecule has 5 nitrogen and oxygen atoms in total. The zero-order valence-corrected chi connectivity index (χ0v) is 14.9. The second-order valence-electron chi connectivity index (χ2n) is 5.25.